The highest BCUT2D eigenvalue weighted by molar-refractivity contribution is 7.11. The molecule has 1 unspecified atom stereocenters. The Bertz CT molecular complexity index is 1370. The van der Waals surface area contributed by atoms with E-state index in [2.05, 4.69) is 102 Å². The lowest BCUT2D eigenvalue weighted by Gasteiger charge is -2.40. The summed E-state index contributed by atoms with van der Waals surface area (Å²) in [6, 6.07) is 21.5. The third-order valence-electron chi connectivity index (χ3n) is 7.72. The van der Waals surface area contributed by atoms with Gasteiger partial charge in [0, 0.05) is 37.3 Å². The SMILES string of the molecule is Cc1cnc(C2CC(C)(C)n3ncc(C(=O)N4CCN(C(c5ccccc5)c5ccccc5)CC4)c3N2)s1. The maximum Gasteiger partial charge on any atom is 0.259 e. The summed E-state index contributed by atoms with van der Waals surface area (Å²) < 4.78 is 1.98. The number of hydrogen-bond acceptors (Lipinski definition) is 6. The number of nitrogens with zero attached hydrogens (tertiary/aromatic N) is 5. The van der Waals surface area contributed by atoms with Crippen LogP contribution in [-0.2, 0) is 5.54 Å². The minimum Gasteiger partial charge on any atom is -0.360 e. The van der Waals surface area contributed by atoms with E-state index < -0.39 is 0 Å². The molecular formula is C30H34N6OS. The molecule has 1 amide bonds. The van der Waals surface area contributed by atoms with Gasteiger partial charge < -0.3 is 10.2 Å². The number of carbonyl (C=O) groups excluding carboxylic acids is 1. The van der Waals surface area contributed by atoms with Crippen molar-refractivity contribution in [3.63, 3.8) is 0 Å². The first-order valence-corrected chi connectivity index (χ1v) is 14.1. The number of aromatic nitrogens is 3. The summed E-state index contributed by atoms with van der Waals surface area (Å²) >= 11 is 1.71. The Morgan fingerprint density at radius 1 is 0.974 bits per heavy atom. The molecule has 2 aromatic heterocycles. The van der Waals surface area contributed by atoms with Gasteiger partial charge in [-0.1, -0.05) is 60.7 Å². The minimum absolute atomic E-state index is 0.0427. The highest BCUT2D eigenvalue weighted by atomic mass is 32.1. The van der Waals surface area contributed by atoms with Crippen LogP contribution in [0.25, 0.3) is 0 Å². The maximum atomic E-state index is 13.8. The van der Waals surface area contributed by atoms with E-state index in [-0.39, 0.29) is 23.5 Å². The molecule has 38 heavy (non-hydrogen) atoms. The fourth-order valence-electron chi connectivity index (χ4n) is 5.83. The van der Waals surface area contributed by atoms with Crippen molar-refractivity contribution in [2.75, 3.05) is 31.5 Å². The number of rotatable bonds is 5. The van der Waals surface area contributed by atoms with Crippen molar-refractivity contribution in [1.29, 1.82) is 0 Å². The van der Waals surface area contributed by atoms with Crippen LogP contribution in [0.2, 0.25) is 0 Å². The molecular weight excluding hydrogens is 492 g/mol. The molecule has 0 spiro atoms. The van der Waals surface area contributed by atoms with E-state index in [0.717, 1.165) is 30.3 Å². The lowest BCUT2D eigenvalue weighted by Crippen LogP contribution is -2.50. The molecule has 1 saturated heterocycles. The second-order valence-corrected chi connectivity index (χ2v) is 12.2. The third kappa shape index (κ3) is 4.63. The number of carbonyl (C=O) groups is 1. The number of nitrogens with one attached hydrogen (secondary N) is 1. The van der Waals surface area contributed by atoms with Gasteiger partial charge in [0.25, 0.3) is 5.91 Å². The van der Waals surface area contributed by atoms with Crippen LogP contribution in [0.3, 0.4) is 0 Å². The number of hydrogen-bond donors (Lipinski definition) is 1. The first-order chi connectivity index (χ1) is 18.4. The number of aryl methyl sites for hydroxylation is 1. The van der Waals surface area contributed by atoms with Crippen LogP contribution in [0, 0.1) is 6.92 Å². The lowest BCUT2D eigenvalue weighted by atomic mass is 9.93. The quantitative estimate of drug-likeness (QED) is 0.373. The second kappa shape index (κ2) is 10.0. The Morgan fingerprint density at radius 3 is 2.18 bits per heavy atom. The van der Waals surface area contributed by atoms with Gasteiger partial charge in [-0.2, -0.15) is 5.10 Å². The van der Waals surface area contributed by atoms with E-state index in [4.69, 9.17) is 0 Å². The number of anilines is 1. The van der Waals surface area contributed by atoms with Crippen LogP contribution in [0.4, 0.5) is 5.82 Å². The van der Waals surface area contributed by atoms with Crippen LogP contribution in [0.5, 0.6) is 0 Å². The number of fused-ring (bicyclic) bond motifs is 1. The summed E-state index contributed by atoms with van der Waals surface area (Å²) in [5, 5.41) is 9.33. The van der Waals surface area contributed by atoms with Gasteiger partial charge in [-0.15, -0.1) is 11.3 Å². The van der Waals surface area contributed by atoms with Crippen molar-refractivity contribution in [3.8, 4) is 0 Å². The van der Waals surface area contributed by atoms with Crippen LogP contribution in [0.15, 0.2) is 73.1 Å². The topological polar surface area (TPSA) is 66.3 Å². The van der Waals surface area contributed by atoms with Crippen LogP contribution >= 0.6 is 11.3 Å². The molecule has 4 heterocycles. The minimum atomic E-state index is -0.222. The molecule has 6 rings (SSSR count). The molecule has 0 radical (unpaired) electrons. The Hall–Kier alpha value is -3.49. The molecule has 0 aliphatic carbocycles. The average molecular weight is 527 g/mol. The van der Waals surface area contributed by atoms with E-state index in [1.807, 2.05) is 15.8 Å². The van der Waals surface area contributed by atoms with Gasteiger partial charge in [0.05, 0.1) is 23.8 Å². The van der Waals surface area contributed by atoms with Gasteiger partial charge in [0.2, 0.25) is 0 Å². The van der Waals surface area contributed by atoms with Gasteiger partial charge in [-0.3, -0.25) is 9.69 Å². The summed E-state index contributed by atoms with van der Waals surface area (Å²) in [4.78, 5) is 24.1. The third-order valence-corrected chi connectivity index (χ3v) is 8.75. The maximum absolute atomic E-state index is 13.8. The monoisotopic (exact) mass is 526 g/mol. The fraction of sp³-hybridized carbons (Fsp3) is 0.367. The van der Waals surface area contributed by atoms with Gasteiger partial charge in [0.15, 0.2) is 0 Å². The van der Waals surface area contributed by atoms with Crippen LogP contribution in [-0.4, -0.2) is 56.7 Å². The highest BCUT2D eigenvalue weighted by Crippen LogP contribution is 2.41. The lowest BCUT2D eigenvalue weighted by molar-refractivity contribution is 0.0598. The summed E-state index contributed by atoms with van der Waals surface area (Å²) in [5.41, 5.74) is 2.98. The molecule has 8 heteroatoms. The summed E-state index contributed by atoms with van der Waals surface area (Å²) in [7, 11) is 0. The van der Waals surface area contributed by atoms with E-state index in [1.165, 1.54) is 16.0 Å². The van der Waals surface area contributed by atoms with Crippen molar-refractivity contribution in [3.05, 3.63) is 99.6 Å². The molecule has 4 aromatic rings. The Kier molecular flexibility index (Phi) is 6.53. The Morgan fingerprint density at radius 2 is 1.61 bits per heavy atom. The van der Waals surface area contributed by atoms with Gasteiger partial charge in [0.1, 0.15) is 16.4 Å². The standard InChI is InChI=1S/C30H34N6OS/c1-21-19-31-28(38-21)25-18-30(2,3)36-27(33-25)24(20-32-36)29(37)35-16-14-34(15-17-35)26(22-10-6-4-7-11-22)23-12-8-5-9-13-23/h4-13,19-20,25-26,33H,14-18H2,1-3H3. The molecule has 196 valence electrons. The summed E-state index contributed by atoms with van der Waals surface area (Å²) in [5.74, 6) is 0.846. The Balaban J connectivity index is 1.21. The van der Waals surface area contributed by atoms with Gasteiger partial charge >= 0.3 is 0 Å². The zero-order valence-corrected chi connectivity index (χ0v) is 23.0. The number of thiazole rings is 1. The van der Waals surface area contributed by atoms with Crippen molar-refractivity contribution in [2.24, 2.45) is 0 Å². The van der Waals surface area contributed by atoms with E-state index >= 15 is 0 Å². The first-order valence-electron chi connectivity index (χ1n) is 13.3. The predicted molar refractivity (Wildman–Crippen MR) is 152 cm³/mol. The number of piperazine rings is 1. The Labute approximate surface area is 228 Å². The van der Waals surface area contributed by atoms with E-state index in [0.29, 0.717) is 18.7 Å². The fourth-order valence-corrected chi connectivity index (χ4v) is 6.65. The average Bonchev–Trinajstić information content (AvgIpc) is 3.57. The van der Waals surface area contributed by atoms with E-state index in [9.17, 15) is 4.79 Å². The van der Waals surface area contributed by atoms with Crippen molar-refractivity contribution < 1.29 is 4.79 Å². The van der Waals surface area contributed by atoms with Gasteiger partial charge in [-0.05, 0) is 38.3 Å². The smallest absolute Gasteiger partial charge is 0.259 e. The zero-order chi connectivity index (χ0) is 26.3. The summed E-state index contributed by atoms with van der Waals surface area (Å²) in [6.45, 7) is 9.41. The predicted octanol–water partition coefficient (Wildman–Crippen LogP) is 5.49. The van der Waals surface area contributed by atoms with Crippen molar-refractivity contribution in [2.45, 2.75) is 44.8 Å². The van der Waals surface area contributed by atoms with Gasteiger partial charge in [-0.25, -0.2) is 9.67 Å². The number of benzene rings is 2. The molecule has 1 N–H and O–H groups in total. The molecule has 1 fully saturated rings. The molecule has 0 bridgehead atoms. The van der Waals surface area contributed by atoms with Crippen molar-refractivity contribution in [1.82, 2.24) is 24.6 Å². The molecule has 2 aliphatic rings. The number of amides is 1. The molecule has 2 aliphatic heterocycles. The molecule has 7 nitrogen and oxygen atoms in total. The first kappa shape index (κ1) is 24.8. The zero-order valence-electron chi connectivity index (χ0n) is 22.2. The molecule has 1 atom stereocenters. The summed E-state index contributed by atoms with van der Waals surface area (Å²) in [6.07, 6.45) is 4.52. The normalized spacial score (nSPS) is 19.3. The highest BCUT2D eigenvalue weighted by Gasteiger charge is 2.39. The van der Waals surface area contributed by atoms with E-state index in [1.54, 1.807) is 17.5 Å². The molecule has 0 saturated carbocycles. The molecule has 2 aromatic carbocycles. The van der Waals surface area contributed by atoms with Crippen molar-refractivity contribution >= 4 is 23.1 Å². The van der Waals surface area contributed by atoms with Crippen LogP contribution in [0.1, 0.15) is 63.7 Å². The van der Waals surface area contributed by atoms with Crippen LogP contribution < -0.4 is 5.32 Å². The second-order valence-electron chi connectivity index (χ2n) is 10.9. The largest absolute Gasteiger partial charge is 0.360 e.